The third-order valence-corrected chi connectivity index (χ3v) is 3.95. The Morgan fingerprint density at radius 2 is 2.20 bits per heavy atom. The summed E-state index contributed by atoms with van der Waals surface area (Å²) in [6.45, 7) is 2.51. The van der Waals surface area contributed by atoms with E-state index >= 15 is 0 Å². The van der Waals surface area contributed by atoms with Crippen LogP contribution < -0.4 is 21.1 Å². The van der Waals surface area contributed by atoms with Gasteiger partial charge in [-0.1, -0.05) is 11.6 Å². The SMILES string of the molecule is CCOC(=O)NC(CN=C(N)Nc1ccc(OC)c(Cl)c1)C1CC1.I. The fourth-order valence-electron chi connectivity index (χ4n) is 2.26. The molecule has 7 nitrogen and oxygen atoms in total. The Labute approximate surface area is 169 Å². The molecule has 0 saturated heterocycles. The van der Waals surface area contributed by atoms with Crippen LogP contribution in [0.1, 0.15) is 19.8 Å². The third kappa shape index (κ3) is 7.15. The quantitative estimate of drug-likeness (QED) is 0.315. The first kappa shape index (κ1) is 21.6. The van der Waals surface area contributed by atoms with Gasteiger partial charge in [-0.25, -0.2) is 4.79 Å². The van der Waals surface area contributed by atoms with Crippen molar-refractivity contribution in [2.24, 2.45) is 16.6 Å². The molecule has 1 aromatic rings. The summed E-state index contributed by atoms with van der Waals surface area (Å²) < 4.78 is 10.0. The van der Waals surface area contributed by atoms with Gasteiger partial charge in [-0.05, 0) is 43.9 Å². The number of ether oxygens (including phenoxy) is 2. The van der Waals surface area contributed by atoms with E-state index in [4.69, 9.17) is 26.8 Å². The number of alkyl carbamates (subject to hydrolysis) is 1. The second-order valence-corrected chi connectivity index (χ2v) is 5.92. The molecule has 1 aromatic carbocycles. The number of methoxy groups -OCH3 is 1. The zero-order valence-corrected chi connectivity index (χ0v) is 17.3. The standard InChI is InChI=1S/C16H23ClN4O3.HI/c1-3-24-16(22)21-13(10-4-5-10)9-19-15(18)20-11-6-7-14(23-2)12(17)8-11;/h6-8,10,13H,3-5,9H2,1-2H3,(H,21,22)(H3,18,19,20);1H. The minimum absolute atomic E-state index is 0. The number of nitrogens with two attached hydrogens (primary N) is 1. The van der Waals surface area contributed by atoms with Crippen LogP contribution in [0.3, 0.4) is 0 Å². The van der Waals surface area contributed by atoms with Gasteiger partial charge in [-0.2, -0.15) is 0 Å². The topological polar surface area (TPSA) is 98.0 Å². The minimum Gasteiger partial charge on any atom is -0.495 e. The van der Waals surface area contributed by atoms with E-state index in [0.717, 1.165) is 12.8 Å². The largest absolute Gasteiger partial charge is 0.495 e. The molecule has 1 atom stereocenters. The number of rotatable bonds is 7. The zero-order valence-electron chi connectivity index (χ0n) is 14.3. The minimum atomic E-state index is -0.418. The molecule has 1 aliphatic rings. The molecule has 1 amide bonds. The van der Waals surface area contributed by atoms with Crippen LogP contribution in [0, 0.1) is 5.92 Å². The number of carbonyl (C=O) groups excluding carboxylic acids is 1. The average Bonchev–Trinajstić information content (AvgIpc) is 3.36. The van der Waals surface area contributed by atoms with Crippen molar-refractivity contribution in [3.05, 3.63) is 23.2 Å². The van der Waals surface area contributed by atoms with Gasteiger partial charge in [0.2, 0.25) is 0 Å². The lowest BCUT2D eigenvalue weighted by Crippen LogP contribution is -2.39. The van der Waals surface area contributed by atoms with Crippen LogP contribution >= 0.6 is 35.6 Å². The number of nitrogens with one attached hydrogen (secondary N) is 2. The highest BCUT2D eigenvalue weighted by Crippen LogP contribution is 2.33. The molecular formula is C16H24ClIN4O3. The molecule has 4 N–H and O–H groups in total. The summed E-state index contributed by atoms with van der Waals surface area (Å²) in [6, 6.07) is 5.18. The molecule has 0 radical (unpaired) electrons. The number of nitrogens with zero attached hydrogens (tertiary/aromatic N) is 1. The molecule has 1 unspecified atom stereocenters. The Balaban J connectivity index is 0.00000312. The summed E-state index contributed by atoms with van der Waals surface area (Å²) in [5, 5.41) is 6.29. The maximum atomic E-state index is 11.6. The highest BCUT2D eigenvalue weighted by molar-refractivity contribution is 14.0. The molecular weight excluding hydrogens is 459 g/mol. The van der Waals surface area contributed by atoms with Crippen molar-refractivity contribution >= 4 is 53.3 Å². The van der Waals surface area contributed by atoms with Gasteiger partial charge in [-0.3, -0.25) is 4.99 Å². The van der Waals surface area contributed by atoms with E-state index in [9.17, 15) is 4.79 Å². The monoisotopic (exact) mass is 482 g/mol. The van der Waals surface area contributed by atoms with E-state index in [2.05, 4.69) is 15.6 Å². The van der Waals surface area contributed by atoms with Gasteiger partial charge < -0.3 is 25.8 Å². The molecule has 1 fully saturated rings. The molecule has 1 aliphatic carbocycles. The van der Waals surface area contributed by atoms with Gasteiger partial charge in [0.25, 0.3) is 0 Å². The van der Waals surface area contributed by atoms with Crippen LogP contribution in [0.15, 0.2) is 23.2 Å². The molecule has 140 valence electrons. The number of benzene rings is 1. The number of carbonyl (C=O) groups is 1. The van der Waals surface area contributed by atoms with E-state index in [1.165, 1.54) is 0 Å². The van der Waals surface area contributed by atoms with Gasteiger partial charge in [-0.15, -0.1) is 24.0 Å². The normalized spacial score (nSPS) is 14.9. The molecule has 1 saturated carbocycles. The van der Waals surface area contributed by atoms with Crippen molar-refractivity contribution < 1.29 is 14.3 Å². The Hall–Kier alpha value is -1.42. The van der Waals surface area contributed by atoms with Crippen LogP contribution in [-0.2, 0) is 4.74 Å². The number of anilines is 1. The Kier molecular flexibility index (Phi) is 9.12. The van der Waals surface area contributed by atoms with Crippen LogP contribution in [0.2, 0.25) is 5.02 Å². The van der Waals surface area contributed by atoms with Crippen LogP contribution in [0.4, 0.5) is 10.5 Å². The van der Waals surface area contributed by atoms with E-state index < -0.39 is 6.09 Å². The van der Waals surface area contributed by atoms with Crippen LogP contribution in [-0.4, -0.2) is 38.4 Å². The summed E-state index contributed by atoms with van der Waals surface area (Å²) in [5.41, 5.74) is 6.62. The molecule has 0 aliphatic heterocycles. The average molecular weight is 483 g/mol. The summed E-state index contributed by atoms with van der Waals surface area (Å²) in [7, 11) is 1.55. The molecule has 25 heavy (non-hydrogen) atoms. The highest BCUT2D eigenvalue weighted by atomic mass is 127. The van der Waals surface area contributed by atoms with Crippen molar-refractivity contribution in [2.45, 2.75) is 25.8 Å². The van der Waals surface area contributed by atoms with Crippen LogP contribution in [0.5, 0.6) is 5.75 Å². The lowest BCUT2D eigenvalue weighted by atomic mass is 10.2. The smallest absolute Gasteiger partial charge is 0.407 e. The van der Waals surface area contributed by atoms with E-state index in [0.29, 0.717) is 35.5 Å². The molecule has 0 heterocycles. The predicted molar refractivity (Wildman–Crippen MR) is 110 cm³/mol. The molecule has 0 spiro atoms. The lowest BCUT2D eigenvalue weighted by Gasteiger charge is -2.16. The lowest BCUT2D eigenvalue weighted by molar-refractivity contribution is 0.147. The second-order valence-electron chi connectivity index (χ2n) is 5.51. The maximum Gasteiger partial charge on any atom is 0.407 e. The summed E-state index contributed by atoms with van der Waals surface area (Å²) in [5.74, 6) is 1.28. The molecule has 0 aromatic heterocycles. The number of halogens is 2. The first-order valence-corrected chi connectivity index (χ1v) is 8.25. The van der Waals surface area contributed by atoms with Gasteiger partial charge >= 0.3 is 6.09 Å². The fourth-order valence-corrected chi connectivity index (χ4v) is 2.52. The van der Waals surface area contributed by atoms with Crippen molar-refractivity contribution in [2.75, 3.05) is 25.6 Å². The van der Waals surface area contributed by atoms with Gasteiger partial charge in [0.1, 0.15) is 5.75 Å². The van der Waals surface area contributed by atoms with Crippen molar-refractivity contribution in [1.82, 2.24) is 5.32 Å². The Bertz CT molecular complexity index is 611. The summed E-state index contributed by atoms with van der Waals surface area (Å²) >= 11 is 6.07. The van der Waals surface area contributed by atoms with E-state index in [-0.39, 0.29) is 36.0 Å². The van der Waals surface area contributed by atoms with Crippen molar-refractivity contribution in [1.29, 1.82) is 0 Å². The summed E-state index contributed by atoms with van der Waals surface area (Å²) in [4.78, 5) is 15.9. The first-order valence-electron chi connectivity index (χ1n) is 7.87. The number of guanidine groups is 1. The van der Waals surface area contributed by atoms with Gasteiger partial charge in [0.15, 0.2) is 5.96 Å². The Morgan fingerprint density at radius 1 is 1.48 bits per heavy atom. The van der Waals surface area contributed by atoms with Crippen molar-refractivity contribution in [3.8, 4) is 5.75 Å². The van der Waals surface area contributed by atoms with Gasteiger partial charge in [0, 0.05) is 5.69 Å². The molecule has 0 bridgehead atoms. The summed E-state index contributed by atoms with van der Waals surface area (Å²) in [6.07, 6.45) is 1.74. The third-order valence-electron chi connectivity index (χ3n) is 3.65. The Morgan fingerprint density at radius 3 is 2.76 bits per heavy atom. The second kappa shape index (κ2) is 10.5. The van der Waals surface area contributed by atoms with E-state index in [1.807, 2.05) is 0 Å². The van der Waals surface area contributed by atoms with Gasteiger partial charge in [0.05, 0.1) is 31.3 Å². The number of hydrogen-bond acceptors (Lipinski definition) is 4. The number of aliphatic imine (C=N–C) groups is 1. The van der Waals surface area contributed by atoms with Crippen LogP contribution in [0.25, 0.3) is 0 Å². The predicted octanol–water partition coefficient (Wildman–Crippen LogP) is 3.22. The molecule has 2 rings (SSSR count). The number of amides is 1. The zero-order chi connectivity index (χ0) is 17.5. The molecule has 9 heteroatoms. The van der Waals surface area contributed by atoms with Crippen molar-refractivity contribution in [3.63, 3.8) is 0 Å². The highest BCUT2D eigenvalue weighted by Gasteiger charge is 2.32. The van der Waals surface area contributed by atoms with E-state index in [1.54, 1.807) is 32.2 Å². The maximum absolute atomic E-state index is 11.6. The first-order chi connectivity index (χ1) is 11.5. The number of hydrogen-bond donors (Lipinski definition) is 3. The fraction of sp³-hybridized carbons (Fsp3) is 0.500.